The lowest BCUT2D eigenvalue weighted by molar-refractivity contribution is -0.386. The van der Waals surface area contributed by atoms with E-state index in [-0.39, 0.29) is 35.7 Å². The Morgan fingerprint density at radius 2 is 2.03 bits per heavy atom. The molecule has 32 heavy (non-hydrogen) atoms. The van der Waals surface area contributed by atoms with Crippen LogP contribution in [0.2, 0.25) is 0 Å². The van der Waals surface area contributed by atoms with Crippen LogP contribution in [0.1, 0.15) is 26.4 Å². The number of ether oxygens (including phenoxy) is 1. The molecule has 0 radical (unpaired) electrons. The van der Waals surface area contributed by atoms with Crippen LogP contribution >= 0.6 is 11.3 Å². The van der Waals surface area contributed by atoms with Crippen LogP contribution in [0.15, 0.2) is 60.8 Å². The number of thiazole rings is 1. The number of nitro benzene ring substituents is 1. The van der Waals surface area contributed by atoms with Crippen molar-refractivity contribution in [2.75, 3.05) is 13.7 Å². The fraction of sp³-hybridized carbons (Fsp3) is 0.143. The number of rotatable bonds is 9. The molecule has 0 fully saturated rings. The van der Waals surface area contributed by atoms with Gasteiger partial charge in [-0.3, -0.25) is 24.7 Å². The second-order valence-corrected chi connectivity index (χ2v) is 7.15. The van der Waals surface area contributed by atoms with E-state index in [0.717, 1.165) is 16.7 Å². The molecule has 0 atom stereocenters. The molecule has 0 N–H and O–H groups in total. The number of hydrogen-bond donors (Lipinski definition) is 0. The normalized spacial score (nSPS) is 10.4. The van der Waals surface area contributed by atoms with E-state index in [1.54, 1.807) is 29.9 Å². The molecule has 1 aromatic carbocycles. The fourth-order valence-corrected chi connectivity index (χ4v) is 3.51. The fourth-order valence-electron chi connectivity index (χ4n) is 2.71. The van der Waals surface area contributed by atoms with Crippen molar-refractivity contribution in [3.63, 3.8) is 0 Å². The molecular formula is C21H18N4O6S. The van der Waals surface area contributed by atoms with E-state index in [1.165, 1.54) is 36.7 Å². The average Bonchev–Trinajstić information content (AvgIpc) is 3.31. The zero-order valence-corrected chi connectivity index (χ0v) is 17.8. The highest BCUT2D eigenvalue weighted by molar-refractivity contribution is 7.13. The van der Waals surface area contributed by atoms with E-state index in [2.05, 4.69) is 21.3 Å². The van der Waals surface area contributed by atoms with E-state index >= 15 is 0 Å². The van der Waals surface area contributed by atoms with Gasteiger partial charge in [-0.1, -0.05) is 6.08 Å². The predicted octanol–water partition coefficient (Wildman–Crippen LogP) is 3.66. The Balaban J connectivity index is 1.89. The first-order chi connectivity index (χ1) is 15.4. The monoisotopic (exact) mass is 454 g/mol. The molecule has 3 aromatic rings. The summed E-state index contributed by atoms with van der Waals surface area (Å²) in [6.45, 7) is 3.32. The molecule has 0 aliphatic rings. The molecule has 0 aliphatic carbocycles. The van der Waals surface area contributed by atoms with Crippen LogP contribution in [-0.2, 0) is 16.1 Å². The number of carbonyl (C=O) groups is 2. The number of nitro groups is 1. The number of methoxy groups -OCH3 is 1. The Morgan fingerprint density at radius 3 is 2.69 bits per heavy atom. The van der Waals surface area contributed by atoms with Crippen LogP contribution in [0.5, 0.6) is 0 Å². The highest BCUT2D eigenvalue weighted by Crippen LogP contribution is 2.26. The smallest absolute Gasteiger partial charge is 0.338 e. The highest BCUT2D eigenvalue weighted by Gasteiger charge is 2.25. The number of carbonyl (C=O) groups excluding carboxylic acids is 2. The maximum absolute atomic E-state index is 13.1. The van der Waals surface area contributed by atoms with E-state index in [1.807, 2.05) is 0 Å². The lowest BCUT2D eigenvalue weighted by Crippen LogP contribution is -2.31. The van der Waals surface area contributed by atoms with E-state index in [0.29, 0.717) is 5.01 Å². The quantitative estimate of drug-likeness (QED) is 0.208. The molecule has 164 valence electrons. The Labute approximate surface area is 186 Å². The van der Waals surface area contributed by atoms with E-state index in [9.17, 15) is 19.7 Å². The van der Waals surface area contributed by atoms with Crippen molar-refractivity contribution in [3.05, 3.63) is 87.7 Å². The maximum Gasteiger partial charge on any atom is 0.338 e. The van der Waals surface area contributed by atoms with Crippen LogP contribution in [0.4, 0.5) is 5.69 Å². The summed E-state index contributed by atoms with van der Waals surface area (Å²) in [6, 6.07) is 7.40. The molecule has 0 unspecified atom stereocenters. The van der Waals surface area contributed by atoms with Crippen molar-refractivity contribution >= 4 is 28.9 Å². The molecule has 1 amide bonds. The summed E-state index contributed by atoms with van der Waals surface area (Å²) in [5.41, 5.74) is 0.777. The lowest BCUT2D eigenvalue weighted by Gasteiger charge is -2.20. The summed E-state index contributed by atoms with van der Waals surface area (Å²) in [7, 11) is 1.18. The van der Waals surface area contributed by atoms with Crippen LogP contribution < -0.4 is 0 Å². The van der Waals surface area contributed by atoms with Crippen LogP contribution in [0, 0.1) is 10.1 Å². The van der Waals surface area contributed by atoms with Gasteiger partial charge in [-0.15, -0.1) is 17.9 Å². The number of amides is 1. The third-order valence-corrected chi connectivity index (χ3v) is 5.13. The predicted molar refractivity (Wildman–Crippen MR) is 116 cm³/mol. The second kappa shape index (κ2) is 10.4. The van der Waals surface area contributed by atoms with Crippen molar-refractivity contribution in [2.24, 2.45) is 0 Å². The summed E-state index contributed by atoms with van der Waals surface area (Å²) in [5.74, 6) is -1.28. The average molecular weight is 454 g/mol. The number of pyridine rings is 1. The molecule has 2 heterocycles. The van der Waals surface area contributed by atoms with Gasteiger partial charge in [0.25, 0.3) is 11.6 Å². The van der Waals surface area contributed by atoms with Gasteiger partial charge in [-0.2, -0.15) is 0 Å². The zero-order valence-electron chi connectivity index (χ0n) is 17.0. The first-order valence-electron chi connectivity index (χ1n) is 9.21. The number of hydroxylamine groups is 2. The number of nitrogens with zero attached hydrogens (tertiary/aromatic N) is 4. The van der Waals surface area contributed by atoms with Crippen molar-refractivity contribution in [1.29, 1.82) is 0 Å². The number of esters is 1. The Bertz CT molecular complexity index is 1150. The SMILES string of the molecule is C=CCON(Cc1ccc(C(=O)OC)cc1[N+](=O)[O-])C(=O)c1csc(-c2ccncc2)n1. The number of benzene rings is 1. The minimum atomic E-state index is -0.707. The summed E-state index contributed by atoms with van der Waals surface area (Å²) < 4.78 is 4.61. The Hall–Kier alpha value is -3.96. The Morgan fingerprint density at radius 1 is 1.28 bits per heavy atom. The van der Waals surface area contributed by atoms with Gasteiger partial charge >= 0.3 is 5.97 Å². The van der Waals surface area contributed by atoms with Gasteiger partial charge < -0.3 is 4.74 Å². The Kier molecular flexibility index (Phi) is 7.37. The zero-order chi connectivity index (χ0) is 23.1. The van der Waals surface area contributed by atoms with Crippen LogP contribution in [-0.4, -0.2) is 45.5 Å². The summed E-state index contributed by atoms with van der Waals surface area (Å²) >= 11 is 1.27. The number of aromatic nitrogens is 2. The van der Waals surface area contributed by atoms with Crippen molar-refractivity contribution in [3.8, 4) is 10.6 Å². The van der Waals surface area contributed by atoms with Crippen molar-refractivity contribution in [2.45, 2.75) is 6.54 Å². The van der Waals surface area contributed by atoms with Gasteiger partial charge in [0, 0.05) is 29.4 Å². The molecular weight excluding hydrogens is 436 g/mol. The maximum atomic E-state index is 13.1. The minimum absolute atomic E-state index is 0.00112. The molecule has 11 heteroatoms. The minimum Gasteiger partial charge on any atom is -0.465 e. The largest absolute Gasteiger partial charge is 0.465 e. The van der Waals surface area contributed by atoms with Gasteiger partial charge in [0.2, 0.25) is 0 Å². The van der Waals surface area contributed by atoms with Crippen LogP contribution in [0.3, 0.4) is 0 Å². The van der Waals surface area contributed by atoms with E-state index < -0.39 is 16.8 Å². The third kappa shape index (κ3) is 5.20. The molecule has 0 bridgehead atoms. The second-order valence-electron chi connectivity index (χ2n) is 6.29. The molecule has 0 spiro atoms. The van der Waals surface area contributed by atoms with Gasteiger partial charge in [0.05, 0.1) is 36.3 Å². The highest BCUT2D eigenvalue weighted by atomic mass is 32.1. The number of hydrogen-bond acceptors (Lipinski definition) is 9. The molecule has 2 aromatic heterocycles. The third-order valence-electron chi connectivity index (χ3n) is 4.24. The van der Waals surface area contributed by atoms with Gasteiger partial charge in [0.1, 0.15) is 10.7 Å². The van der Waals surface area contributed by atoms with Crippen LogP contribution in [0.25, 0.3) is 10.6 Å². The topological polar surface area (TPSA) is 125 Å². The van der Waals surface area contributed by atoms with E-state index in [4.69, 9.17) is 4.84 Å². The van der Waals surface area contributed by atoms with Gasteiger partial charge in [0.15, 0.2) is 0 Å². The van der Waals surface area contributed by atoms with Crippen molar-refractivity contribution in [1.82, 2.24) is 15.0 Å². The molecule has 10 nitrogen and oxygen atoms in total. The lowest BCUT2D eigenvalue weighted by atomic mass is 10.1. The van der Waals surface area contributed by atoms with Crippen molar-refractivity contribution < 1.29 is 24.1 Å². The first kappa shape index (κ1) is 22.7. The molecule has 0 saturated carbocycles. The molecule has 0 saturated heterocycles. The summed E-state index contributed by atoms with van der Waals surface area (Å²) in [4.78, 5) is 49.5. The standard InChI is InChI=1S/C21H18N4O6S/c1-3-10-31-24(12-16-5-4-15(21(27)30-2)11-18(16)25(28)29)20(26)17-13-32-19(23-17)14-6-8-22-9-7-14/h3-9,11,13H,1,10,12H2,2H3. The molecule has 3 rings (SSSR count). The summed E-state index contributed by atoms with van der Waals surface area (Å²) in [5, 5.41) is 14.7. The molecule has 0 aliphatic heterocycles. The van der Waals surface area contributed by atoms with Gasteiger partial charge in [-0.05, 0) is 24.3 Å². The summed E-state index contributed by atoms with van der Waals surface area (Å²) in [6.07, 6.45) is 4.68. The van der Waals surface area contributed by atoms with Gasteiger partial charge in [-0.25, -0.2) is 14.8 Å². The first-order valence-corrected chi connectivity index (χ1v) is 10.1.